The first-order valence-electron chi connectivity index (χ1n) is 4.50. The van der Waals surface area contributed by atoms with Crippen molar-refractivity contribution in [3.63, 3.8) is 0 Å². The summed E-state index contributed by atoms with van der Waals surface area (Å²) in [6.07, 6.45) is 0. The minimum Gasteiger partial charge on any atom is -0.338 e. The van der Waals surface area contributed by atoms with Crippen molar-refractivity contribution in [2.75, 3.05) is 5.32 Å². The van der Waals surface area contributed by atoms with Crippen LogP contribution in [0.3, 0.4) is 0 Å². The first kappa shape index (κ1) is 11.0. The van der Waals surface area contributed by atoms with Crippen LogP contribution in [-0.2, 0) is 0 Å². The van der Waals surface area contributed by atoms with E-state index in [1.807, 2.05) is 0 Å². The van der Waals surface area contributed by atoms with Gasteiger partial charge in [-0.15, -0.1) is 0 Å². The van der Waals surface area contributed by atoms with Gasteiger partial charge in [-0.25, -0.2) is 13.8 Å². The molecule has 82 valence electrons. The van der Waals surface area contributed by atoms with Crippen molar-refractivity contribution in [2.24, 2.45) is 0 Å². The first-order chi connectivity index (χ1) is 7.65. The van der Waals surface area contributed by atoms with Crippen LogP contribution < -0.4 is 5.32 Å². The molecule has 2 rings (SSSR count). The summed E-state index contributed by atoms with van der Waals surface area (Å²) in [6, 6.07) is 8.36. The first-order valence-corrected chi connectivity index (χ1v) is 5.29. The Hall–Kier alpha value is -1.49. The monoisotopic (exact) mass is 284 g/mol. The minimum absolute atomic E-state index is 0.0607. The van der Waals surface area contributed by atoms with Crippen LogP contribution in [0.15, 0.2) is 41.0 Å². The molecule has 0 aliphatic rings. The highest BCUT2D eigenvalue weighted by Crippen LogP contribution is 2.20. The number of rotatable bonds is 2. The van der Waals surface area contributed by atoms with E-state index < -0.39 is 11.6 Å². The molecule has 1 N–H and O–H groups in total. The Morgan fingerprint density at radius 3 is 2.69 bits per heavy atom. The van der Waals surface area contributed by atoms with Crippen LogP contribution in [0.2, 0.25) is 0 Å². The second-order valence-electron chi connectivity index (χ2n) is 3.09. The molecule has 0 bridgehead atoms. The van der Waals surface area contributed by atoms with Crippen LogP contribution in [0.25, 0.3) is 0 Å². The molecule has 0 amide bonds. The fourth-order valence-corrected chi connectivity index (χ4v) is 1.55. The lowest BCUT2D eigenvalue weighted by atomic mass is 10.3. The van der Waals surface area contributed by atoms with Crippen molar-refractivity contribution in [1.29, 1.82) is 0 Å². The van der Waals surface area contributed by atoms with Crippen LogP contribution in [0.1, 0.15) is 0 Å². The Bertz CT molecular complexity index is 517. The van der Waals surface area contributed by atoms with Crippen LogP contribution in [0, 0.1) is 11.6 Å². The topological polar surface area (TPSA) is 24.9 Å². The lowest BCUT2D eigenvalue weighted by molar-refractivity contribution is 0.603. The summed E-state index contributed by atoms with van der Waals surface area (Å²) in [6.45, 7) is 0. The van der Waals surface area contributed by atoms with Crippen molar-refractivity contribution in [2.45, 2.75) is 0 Å². The Balaban J connectivity index is 2.30. The third-order valence-electron chi connectivity index (χ3n) is 1.91. The molecule has 0 radical (unpaired) electrons. The number of halogens is 3. The molecule has 0 saturated heterocycles. The highest BCUT2D eigenvalue weighted by Gasteiger charge is 2.04. The number of aromatic nitrogens is 1. The van der Waals surface area contributed by atoms with E-state index >= 15 is 0 Å². The smallest absolute Gasteiger partial charge is 0.146 e. The zero-order valence-electron chi connectivity index (χ0n) is 8.05. The predicted octanol–water partition coefficient (Wildman–Crippen LogP) is 3.87. The van der Waals surface area contributed by atoms with Gasteiger partial charge in [0, 0.05) is 6.07 Å². The molecule has 0 saturated carbocycles. The van der Waals surface area contributed by atoms with Gasteiger partial charge in [-0.2, -0.15) is 0 Å². The van der Waals surface area contributed by atoms with Gasteiger partial charge in [0.2, 0.25) is 0 Å². The van der Waals surface area contributed by atoms with Crippen molar-refractivity contribution < 1.29 is 8.78 Å². The Labute approximate surface area is 99.5 Å². The van der Waals surface area contributed by atoms with Crippen LogP contribution in [-0.4, -0.2) is 4.98 Å². The number of hydrogen-bond donors (Lipinski definition) is 1. The second-order valence-corrected chi connectivity index (χ2v) is 3.91. The minimum atomic E-state index is -0.525. The van der Waals surface area contributed by atoms with Gasteiger partial charge in [-0.05, 0) is 40.2 Å². The van der Waals surface area contributed by atoms with E-state index in [0.717, 1.165) is 18.2 Å². The number of hydrogen-bond acceptors (Lipinski definition) is 2. The quantitative estimate of drug-likeness (QED) is 0.847. The average molecular weight is 285 g/mol. The fourth-order valence-electron chi connectivity index (χ4n) is 1.21. The molecule has 5 heteroatoms. The van der Waals surface area contributed by atoms with E-state index in [4.69, 9.17) is 0 Å². The van der Waals surface area contributed by atoms with E-state index in [1.54, 1.807) is 18.2 Å². The molecule has 1 aromatic carbocycles. The SMILES string of the molecule is Fc1ccc(F)c(Nc2cccc(Br)n2)c1. The van der Waals surface area contributed by atoms with Crippen molar-refractivity contribution in [3.8, 4) is 0 Å². The zero-order valence-corrected chi connectivity index (χ0v) is 9.63. The van der Waals surface area contributed by atoms with Crippen LogP contribution in [0.4, 0.5) is 20.3 Å². The normalized spacial score (nSPS) is 10.2. The third-order valence-corrected chi connectivity index (χ3v) is 2.35. The Kier molecular flexibility index (Phi) is 3.14. The van der Waals surface area contributed by atoms with Gasteiger partial charge >= 0.3 is 0 Å². The van der Waals surface area contributed by atoms with Crippen LogP contribution in [0.5, 0.6) is 0 Å². The van der Waals surface area contributed by atoms with Gasteiger partial charge in [0.1, 0.15) is 22.1 Å². The lowest BCUT2D eigenvalue weighted by Gasteiger charge is -2.06. The molecule has 0 aliphatic heterocycles. The van der Waals surface area contributed by atoms with Gasteiger partial charge in [-0.1, -0.05) is 6.07 Å². The van der Waals surface area contributed by atoms with Gasteiger partial charge < -0.3 is 5.32 Å². The van der Waals surface area contributed by atoms with Crippen molar-refractivity contribution in [1.82, 2.24) is 4.98 Å². The molecule has 0 unspecified atom stereocenters. The third kappa shape index (κ3) is 2.55. The largest absolute Gasteiger partial charge is 0.338 e. The molecule has 2 nitrogen and oxygen atoms in total. The standard InChI is InChI=1S/C11H7BrF2N2/c12-10-2-1-3-11(16-10)15-9-6-7(13)4-5-8(9)14/h1-6H,(H,15,16). The molecular formula is C11H7BrF2N2. The molecule has 0 atom stereocenters. The highest BCUT2D eigenvalue weighted by molar-refractivity contribution is 9.10. The van der Waals surface area contributed by atoms with Crippen LogP contribution >= 0.6 is 15.9 Å². The summed E-state index contributed by atoms with van der Waals surface area (Å²) < 4.78 is 26.8. The summed E-state index contributed by atoms with van der Waals surface area (Å²) >= 11 is 3.19. The number of nitrogens with one attached hydrogen (secondary N) is 1. The van der Waals surface area contributed by atoms with Gasteiger partial charge in [0.05, 0.1) is 5.69 Å². The molecule has 2 aromatic rings. The molecule has 1 aromatic heterocycles. The number of pyridine rings is 1. The van der Waals surface area contributed by atoms with Crippen molar-refractivity contribution >= 4 is 27.4 Å². The summed E-state index contributed by atoms with van der Waals surface area (Å²) in [5.41, 5.74) is 0.0607. The van der Waals surface area contributed by atoms with Gasteiger partial charge in [0.25, 0.3) is 0 Å². The van der Waals surface area contributed by atoms with E-state index in [2.05, 4.69) is 26.2 Å². The number of nitrogens with zero attached hydrogens (tertiary/aromatic N) is 1. The summed E-state index contributed by atoms with van der Waals surface area (Å²) in [5, 5.41) is 2.70. The average Bonchev–Trinajstić information content (AvgIpc) is 2.24. The fraction of sp³-hybridized carbons (Fsp3) is 0. The summed E-state index contributed by atoms with van der Waals surface area (Å²) in [5.74, 6) is -0.582. The summed E-state index contributed by atoms with van der Waals surface area (Å²) in [7, 11) is 0. The molecular weight excluding hydrogens is 278 g/mol. The van der Waals surface area contributed by atoms with Gasteiger partial charge in [0.15, 0.2) is 0 Å². The Morgan fingerprint density at radius 1 is 1.12 bits per heavy atom. The maximum Gasteiger partial charge on any atom is 0.146 e. The van der Waals surface area contributed by atoms with Gasteiger partial charge in [-0.3, -0.25) is 0 Å². The highest BCUT2D eigenvalue weighted by atomic mass is 79.9. The molecule has 0 aliphatic carbocycles. The van der Waals surface area contributed by atoms with E-state index in [0.29, 0.717) is 10.4 Å². The van der Waals surface area contributed by atoms with Crippen molar-refractivity contribution in [3.05, 3.63) is 52.6 Å². The maximum absolute atomic E-state index is 13.3. The van der Waals surface area contributed by atoms with E-state index in [-0.39, 0.29) is 5.69 Å². The molecule has 0 spiro atoms. The number of anilines is 2. The van der Waals surface area contributed by atoms with E-state index in [9.17, 15) is 8.78 Å². The molecule has 1 heterocycles. The molecule has 16 heavy (non-hydrogen) atoms. The lowest BCUT2D eigenvalue weighted by Crippen LogP contribution is -1.96. The van der Waals surface area contributed by atoms with E-state index in [1.165, 1.54) is 0 Å². The second kappa shape index (κ2) is 4.57. The zero-order chi connectivity index (χ0) is 11.5. The predicted molar refractivity (Wildman–Crippen MR) is 61.6 cm³/mol. The summed E-state index contributed by atoms with van der Waals surface area (Å²) in [4.78, 5) is 4.06. The molecule has 0 fully saturated rings. The maximum atomic E-state index is 13.3. The number of benzene rings is 1. The Morgan fingerprint density at radius 2 is 1.94 bits per heavy atom.